The molecule has 1 aromatic rings. The highest BCUT2D eigenvalue weighted by Gasteiger charge is 2.19. The zero-order valence-electron chi connectivity index (χ0n) is 14.3. The normalized spacial score (nSPS) is 14.8. The van der Waals surface area contributed by atoms with E-state index in [1.165, 1.54) is 5.56 Å². The Kier molecular flexibility index (Phi) is 12.2. The number of likely N-dealkylation sites (tertiary alicyclic amines) is 1. The number of carbonyl (C=O) groups excluding carboxylic acids is 2. The van der Waals surface area contributed by atoms with Crippen LogP contribution in [0.3, 0.4) is 0 Å². The first-order chi connectivity index (χ1) is 11.2. The molecular formula is C17H28Cl2N4O2. The number of hydrogen-bond acceptors (Lipinski definition) is 4. The third kappa shape index (κ3) is 9.07. The van der Waals surface area contributed by atoms with E-state index >= 15 is 0 Å². The number of rotatable bonds is 7. The molecular weight excluding hydrogens is 363 g/mol. The quantitative estimate of drug-likeness (QED) is 0.646. The highest BCUT2D eigenvalue weighted by atomic mass is 35.5. The molecule has 0 radical (unpaired) electrons. The zero-order valence-corrected chi connectivity index (χ0v) is 15.9. The molecule has 0 aromatic heterocycles. The predicted molar refractivity (Wildman–Crippen MR) is 104 cm³/mol. The van der Waals surface area contributed by atoms with Gasteiger partial charge in [0.2, 0.25) is 11.8 Å². The van der Waals surface area contributed by atoms with Gasteiger partial charge < -0.3 is 16.4 Å². The lowest BCUT2D eigenvalue weighted by atomic mass is 9.96. The van der Waals surface area contributed by atoms with Crippen molar-refractivity contribution >= 4 is 36.6 Å². The average Bonchev–Trinajstić information content (AvgIpc) is 2.60. The Morgan fingerprint density at radius 3 is 2.28 bits per heavy atom. The monoisotopic (exact) mass is 390 g/mol. The summed E-state index contributed by atoms with van der Waals surface area (Å²) in [6, 6.07) is 10.5. The molecule has 1 saturated heterocycles. The fraction of sp³-hybridized carbons (Fsp3) is 0.529. The van der Waals surface area contributed by atoms with Gasteiger partial charge >= 0.3 is 0 Å². The second kappa shape index (κ2) is 12.9. The van der Waals surface area contributed by atoms with Crippen molar-refractivity contribution in [2.45, 2.75) is 19.4 Å². The smallest absolute Gasteiger partial charge is 0.239 e. The van der Waals surface area contributed by atoms with Crippen LogP contribution in [0.2, 0.25) is 0 Å². The largest absolute Gasteiger partial charge is 0.354 e. The van der Waals surface area contributed by atoms with E-state index in [1.807, 2.05) is 6.07 Å². The van der Waals surface area contributed by atoms with Crippen LogP contribution < -0.4 is 16.4 Å². The van der Waals surface area contributed by atoms with Gasteiger partial charge in [-0.3, -0.25) is 14.5 Å². The Morgan fingerprint density at radius 2 is 1.68 bits per heavy atom. The summed E-state index contributed by atoms with van der Waals surface area (Å²) in [5.41, 5.74) is 6.51. The maximum Gasteiger partial charge on any atom is 0.239 e. The number of carbonyl (C=O) groups is 2. The number of halogens is 2. The van der Waals surface area contributed by atoms with Crippen LogP contribution in [0.25, 0.3) is 0 Å². The van der Waals surface area contributed by atoms with Crippen LogP contribution in [0.4, 0.5) is 0 Å². The minimum absolute atomic E-state index is 0. The van der Waals surface area contributed by atoms with Crippen LogP contribution in [0.1, 0.15) is 18.4 Å². The highest BCUT2D eigenvalue weighted by molar-refractivity contribution is 5.86. The number of nitrogens with two attached hydrogens (primary N) is 1. The summed E-state index contributed by atoms with van der Waals surface area (Å²) in [6.07, 6.45) is 2.17. The molecule has 8 heteroatoms. The molecule has 2 rings (SSSR count). The van der Waals surface area contributed by atoms with Crippen LogP contribution in [0.15, 0.2) is 30.3 Å². The van der Waals surface area contributed by atoms with E-state index in [2.05, 4.69) is 39.8 Å². The van der Waals surface area contributed by atoms with Crippen molar-refractivity contribution < 1.29 is 9.59 Å². The first-order valence-corrected chi connectivity index (χ1v) is 8.17. The zero-order chi connectivity index (χ0) is 16.5. The summed E-state index contributed by atoms with van der Waals surface area (Å²) < 4.78 is 0. The number of benzene rings is 1. The summed E-state index contributed by atoms with van der Waals surface area (Å²) in [4.78, 5) is 25.1. The van der Waals surface area contributed by atoms with E-state index < -0.39 is 0 Å². The average molecular weight is 391 g/mol. The topological polar surface area (TPSA) is 87.5 Å². The summed E-state index contributed by atoms with van der Waals surface area (Å²) >= 11 is 0. The van der Waals surface area contributed by atoms with Gasteiger partial charge in [-0.25, -0.2) is 0 Å². The Hall–Kier alpha value is -1.34. The van der Waals surface area contributed by atoms with Gasteiger partial charge in [0.1, 0.15) is 0 Å². The molecule has 0 atom stereocenters. The van der Waals surface area contributed by atoms with Crippen molar-refractivity contribution in [3.05, 3.63) is 35.9 Å². The van der Waals surface area contributed by atoms with Gasteiger partial charge in [-0.05, 0) is 37.4 Å². The molecule has 1 fully saturated rings. The molecule has 0 unspecified atom stereocenters. The molecule has 1 aliphatic rings. The maximum atomic E-state index is 11.6. The van der Waals surface area contributed by atoms with Crippen molar-refractivity contribution in [3.8, 4) is 0 Å². The van der Waals surface area contributed by atoms with Gasteiger partial charge in [0.15, 0.2) is 0 Å². The molecule has 1 heterocycles. The molecule has 0 bridgehead atoms. The molecule has 1 aliphatic heterocycles. The Morgan fingerprint density at radius 1 is 1.04 bits per heavy atom. The second-order valence-corrected chi connectivity index (χ2v) is 5.99. The second-order valence-electron chi connectivity index (χ2n) is 5.99. The van der Waals surface area contributed by atoms with E-state index in [0.717, 1.165) is 32.5 Å². The summed E-state index contributed by atoms with van der Waals surface area (Å²) in [7, 11) is 0. The van der Waals surface area contributed by atoms with Crippen molar-refractivity contribution in [3.63, 3.8) is 0 Å². The van der Waals surface area contributed by atoms with E-state index in [-0.39, 0.29) is 49.7 Å². The van der Waals surface area contributed by atoms with Gasteiger partial charge in [0.25, 0.3) is 0 Å². The molecule has 2 amide bonds. The van der Waals surface area contributed by atoms with Gasteiger partial charge in [-0.15, -0.1) is 24.8 Å². The number of amides is 2. The van der Waals surface area contributed by atoms with Gasteiger partial charge in [0, 0.05) is 13.1 Å². The molecule has 25 heavy (non-hydrogen) atoms. The molecule has 0 spiro atoms. The fourth-order valence-electron chi connectivity index (χ4n) is 2.76. The Labute approximate surface area is 161 Å². The molecule has 0 saturated carbocycles. The van der Waals surface area contributed by atoms with Crippen molar-refractivity contribution in [2.75, 3.05) is 32.7 Å². The first-order valence-electron chi connectivity index (χ1n) is 8.17. The lowest BCUT2D eigenvalue weighted by Crippen LogP contribution is -2.42. The summed E-state index contributed by atoms with van der Waals surface area (Å²) in [5, 5.41) is 5.35. The van der Waals surface area contributed by atoms with Crippen LogP contribution in [-0.2, 0) is 16.1 Å². The summed E-state index contributed by atoms with van der Waals surface area (Å²) in [6.45, 7) is 3.69. The maximum absolute atomic E-state index is 11.6. The lowest BCUT2D eigenvalue weighted by Gasteiger charge is -2.32. The van der Waals surface area contributed by atoms with E-state index in [4.69, 9.17) is 5.73 Å². The number of hydrogen-bond donors (Lipinski definition) is 3. The van der Waals surface area contributed by atoms with Crippen molar-refractivity contribution in [2.24, 2.45) is 11.7 Å². The standard InChI is InChI=1S/C17H26N4O2.2ClH/c18-10-16(22)20-12-17(23)19-11-14-6-8-21(9-7-14)13-15-4-2-1-3-5-15;;/h1-5,14H,6-13,18H2,(H,19,23)(H,20,22);2*1H. The molecule has 1 aromatic carbocycles. The van der Waals surface area contributed by atoms with Crippen molar-refractivity contribution in [1.29, 1.82) is 0 Å². The minimum atomic E-state index is -0.311. The van der Waals surface area contributed by atoms with Gasteiger partial charge in [0.05, 0.1) is 13.1 Å². The van der Waals surface area contributed by atoms with E-state index in [0.29, 0.717) is 12.5 Å². The fourth-order valence-corrected chi connectivity index (χ4v) is 2.76. The van der Waals surface area contributed by atoms with E-state index in [9.17, 15) is 9.59 Å². The third-order valence-corrected chi connectivity index (χ3v) is 4.18. The highest BCUT2D eigenvalue weighted by Crippen LogP contribution is 2.18. The molecule has 142 valence electrons. The minimum Gasteiger partial charge on any atom is -0.354 e. The lowest BCUT2D eigenvalue weighted by molar-refractivity contribution is -0.125. The van der Waals surface area contributed by atoms with E-state index in [1.54, 1.807) is 0 Å². The van der Waals surface area contributed by atoms with Gasteiger partial charge in [-0.1, -0.05) is 30.3 Å². The first kappa shape index (κ1) is 23.7. The number of nitrogens with zero attached hydrogens (tertiary/aromatic N) is 1. The summed E-state index contributed by atoms with van der Waals surface area (Å²) in [5.74, 6) is 0.0454. The van der Waals surface area contributed by atoms with Crippen molar-refractivity contribution in [1.82, 2.24) is 15.5 Å². The SMILES string of the molecule is Cl.Cl.NCC(=O)NCC(=O)NCC1CCN(Cc2ccccc2)CC1. The number of piperidine rings is 1. The Bertz CT molecular complexity index is 509. The van der Waals surface area contributed by atoms with Crippen LogP contribution in [0, 0.1) is 5.92 Å². The molecule has 4 N–H and O–H groups in total. The third-order valence-electron chi connectivity index (χ3n) is 4.18. The number of nitrogens with one attached hydrogen (secondary N) is 2. The van der Waals surface area contributed by atoms with Gasteiger partial charge in [-0.2, -0.15) is 0 Å². The van der Waals surface area contributed by atoms with Crippen LogP contribution in [-0.4, -0.2) is 49.4 Å². The molecule has 0 aliphatic carbocycles. The molecule has 6 nitrogen and oxygen atoms in total. The van der Waals surface area contributed by atoms with Crippen LogP contribution >= 0.6 is 24.8 Å². The van der Waals surface area contributed by atoms with Crippen LogP contribution in [0.5, 0.6) is 0 Å². The predicted octanol–water partition coefficient (Wildman–Crippen LogP) is 0.933. The Balaban J connectivity index is 0.00000288.